The van der Waals surface area contributed by atoms with Crippen molar-refractivity contribution in [3.05, 3.63) is 35.9 Å². The Labute approximate surface area is 65.9 Å². The van der Waals surface area contributed by atoms with Crippen LogP contribution >= 0.6 is 0 Å². The summed E-state index contributed by atoms with van der Waals surface area (Å²) in [7, 11) is 0. The smallest absolute Gasteiger partial charge is 0.0603 e. The Balaban J connectivity index is 2.09. The van der Waals surface area contributed by atoms with Crippen molar-refractivity contribution < 1.29 is 5.11 Å². The first-order chi connectivity index (χ1) is 5.42. The van der Waals surface area contributed by atoms with Crippen molar-refractivity contribution in [2.24, 2.45) is 0 Å². The minimum absolute atomic E-state index is 0.236. The van der Waals surface area contributed by atoms with Crippen LogP contribution in [0.3, 0.4) is 0 Å². The summed E-state index contributed by atoms with van der Waals surface area (Å²) in [5.74, 6) is 0. The Bertz CT molecular complexity index is 235. The number of hydrogen-bond donors (Lipinski definition) is 2. The summed E-state index contributed by atoms with van der Waals surface area (Å²) in [6.07, 6.45) is 0. The van der Waals surface area contributed by atoms with Gasteiger partial charge in [-0.2, -0.15) is 0 Å². The predicted molar refractivity (Wildman–Crippen MR) is 43.2 cm³/mol. The normalized spacial score (nSPS) is 28.5. The summed E-state index contributed by atoms with van der Waals surface area (Å²) in [6.45, 7) is 0.236. The first-order valence-corrected chi connectivity index (χ1v) is 3.83. The lowest BCUT2D eigenvalue weighted by Gasteiger charge is -1.93. The van der Waals surface area contributed by atoms with Crippen molar-refractivity contribution in [3.8, 4) is 0 Å². The van der Waals surface area contributed by atoms with Gasteiger partial charge >= 0.3 is 0 Å². The van der Waals surface area contributed by atoms with Gasteiger partial charge in [-0.05, 0) is 5.56 Å². The maximum absolute atomic E-state index is 8.78. The third-order valence-corrected chi connectivity index (χ3v) is 2.04. The molecule has 0 amide bonds. The van der Waals surface area contributed by atoms with Gasteiger partial charge in [-0.3, -0.25) is 0 Å². The molecule has 1 aromatic rings. The van der Waals surface area contributed by atoms with Crippen LogP contribution in [0.25, 0.3) is 0 Å². The van der Waals surface area contributed by atoms with E-state index in [1.807, 2.05) is 18.2 Å². The van der Waals surface area contributed by atoms with Gasteiger partial charge in [0.25, 0.3) is 0 Å². The molecular weight excluding hydrogens is 138 g/mol. The number of benzene rings is 1. The maximum atomic E-state index is 8.78. The molecule has 1 fully saturated rings. The van der Waals surface area contributed by atoms with Crippen LogP contribution in [0.1, 0.15) is 11.6 Å². The second kappa shape index (κ2) is 2.64. The van der Waals surface area contributed by atoms with Gasteiger partial charge in [0.05, 0.1) is 18.7 Å². The molecule has 1 heterocycles. The maximum Gasteiger partial charge on any atom is 0.0603 e. The number of aliphatic hydroxyl groups is 1. The zero-order valence-electron chi connectivity index (χ0n) is 6.20. The molecule has 2 nitrogen and oxygen atoms in total. The highest BCUT2D eigenvalue weighted by Crippen LogP contribution is 2.28. The third kappa shape index (κ3) is 1.27. The van der Waals surface area contributed by atoms with Crippen molar-refractivity contribution in [1.82, 2.24) is 5.32 Å². The Kier molecular flexibility index (Phi) is 1.64. The van der Waals surface area contributed by atoms with Crippen LogP contribution < -0.4 is 5.32 Å². The van der Waals surface area contributed by atoms with E-state index >= 15 is 0 Å². The molecule has 1 unspecified atom stereocenters. The van der Waals surface area contributed by atoms with E-state index in [2.05, 4.69) is 17.4 Å². The quantitative estimate of drug-likeness (QED) is 0.607. The molecule has 0 aliphatic carbocycles. The lowest BCUT2D eigenvalue weighted by molar-refractivity contribution is 0.294. The zero-order valence-corrected chi connectivity index (χ0v) is 6.20. The second-order valence-corrected chi connectivity index (χ2v) is 2.84. The summed E-state index contributed by atoms with van der Waals surface area (Å²) < 4.78 is 0. The minimum atomic E-state index is 0.236. The molecular formula is C9H11NO. The lowest BCUT2D eigenvalue weighted by Crippen LogP contribution is -1.95. The Morgan fingerprint density at radius 1 is 1.27 bits per heavy atom. The Morgan fingerprint density at radius 2 is 2.00 bits per heavy atom. The van der Waals surface area contributed by atoms with Gasteiger partial charge in [-0.1, -0.05) is 30.3 Å². The summed E-state index contributed by atoms with van der Waals surface area (Å²) in [5.41, 5.74) is 1.27. The largest absolute Gasteiger partial charge is 0.395 e. The molecule has 1 aliphatic rings. The van der Waals surface area contributed by atoms with E-state index in [1.54, 1.807) is 0 Å². The van der Waals surface area contributed by atoms with E-state index in [0.717, 1.165) is 0 Å². The first-order valence-electron chi connectivity index (χ1n) is 3.83. The minimum Gasteiger partial charge on any atom is -0.395 e. The van der Waals surface area contributed by atoms with E-state index in [-0.39, 0.29) is 12.6 Å². The van der Waals surface area contributed by atoms with Crippen molar-refractivity contribution in [1.29, 1.82) is 0 Å². The van der Waals surface area contributed by atoms with Gasteiger partial charge < -0.3 is 10.4 Å². The molecule has 0 spiro atoms. The molecule has 2 heteroatoms. The van der Waals surface area contributed by atoms with Crippen LogP contribution in [0, 0.1) is 0 Å². The topological polar surface area (TPSA) is 42.2 Å². The standard InChI is InChI=1S/C9H11NO/c11-6-8-9(10-8)7-4-2-1-3-5-7/h1-5,8-11H,6H2/t8?,9-/m1/s1. The molecule has 11 heavy (non-hydrogen) atoms. The van der Waals surface area contributed by atoms with E-state index in [1.165, 1.54) is 5.56 Å². The number of hydrogen-bond acceptors (Lipinski definition) is 2. The van der Waals surface area contributed by atoms with Gasteiger partial charge in [0, 0.05) is 0 Å². The summed E-state index contributed by atoms with van der Waals surface area (Å²) in [5, 5.41) is 12.0. The van der Waals surface area contributed by atoms with Gasteiger partial charge in [-0.25, -0.2) is 0 Å². The molecule has 0 radical (unpaired) electrons. The SMILES string of the molecule is OCC1N[C@@H]1c1ccccc1. The van der Waals surface area contributed by atoms with Crippen molar-refractivity contribution in [2.75, 3.05) is 6.61 Å². The fraction of sp³-hybridized carbons (Fsp3) is 0.333. The summed E-state index contributed by atoms with van der Waals surface area (Å²) >= 11 is 0. The van der Waals surface area contributed by atoms with Crippen LogP contribution in [0.15, 0.2) is 30.3 Å². The fourth-order valence-corrected chi connectivity index (χ4v) is 1.32. The summed E-state index contributed by atoms with van der Waals surface area (Å²) in [4.78, 5) is 0. The number of aliphatic hydroxyl groups excluding tert-OH is 1. The molecule has 2 rings (SSSR count). The zero-order chi connectivity index (χ0) is 7.68. The van der Waals surface area contributed by atoms with Crippen LogP contribution in [0.2, 0.25) is 0 Å². The van der Waals surface area contributed by atoms with E-state index < -0.39 is 0 Å². The highest BCUT2D eigenvalue weighted by molar-refractivity contribution is 5.25. The van der Waals surface area contributed by atoms with Crippen LogP contribution in [0.4, 0.5) is 0 Å². The molecule has 2 N–H and O–H groups in total. The van der Waals surface area contributed by atoms with Crippen LogP contribution in [0.5, 0.6) is 0 Å². The van der Waals surface area contributed by atoms with Crippen LogP contribution in [-0.2, 0) is 0 Å². The van der Waals surface area contributed by atoms with Crippen LogP contribution in [-0.4, -0.2) is 17.8 Å². The van der Waals surface area contributed by atoms with E-state index in [0.29, 0.717) is 6.04 Å². The van der Waals surface area contributed by atoms with Crippen molar-refractivity contribution >= 4 is 0 Å². The number of nitrogens with one attached hydrogen (secondary N) is 1. The lowest BCUT2D eigenvalue weighted by atomic mass is 10.1. The highest BCUT2D eigenvalue weighted by atomic mass is 16.3. The highest BCUT2D eigenvalue weighted by Gasteiger charge is 2.36. The van der Waals surface area contributed by atoms with Gasteiger partial charge in [0.15, 0.2) is 0 Å². The Morgan fingerprint density at radius 3 is 2.55 bits per heavy atom. The second-order valence-electron chi connectivity index (χ2n) is 2.84. The Hall–Kier alpha value is -0.860. The average molecular weight is 149 g/mol. The predicted octanol–water partition coefficient (Wildman–Crippen LogP) is 0.692. The molecule has 0 bridgehead atoms. The van der Waals surface area contributed by atoms with E-state index in [9.17, 15) is 0 Å². The molecule has 2 atom stereocenters. The fourth-order valence-electron chi connectivity index (χ4n) is 1.32. The molecule has 1 aromatic carbocycles. The molecule has 1 aliphatic heterocycles. The van der Waals surface area contributed by atoms with E-state index in [4.69, 9.17) is 5.11 Å². The summed E-state index contributed by atoms with van der Waals surface area (Å²) in [6, 6.07) is 10.9. The third-order valence-electron chi connectivity index (χ3n) is 2.04. The average Bonchev–Trinajstić information content (AvgIpc) is 2.85. The van der Waals surface area contributed by atoms with Gasteiger partial charge in [-0.15, -0.1) is 0 Å². The number of rotatable bonds is 2. The molecule has 0 saturated carbocycles. The van der Waals surface area contributed by atoms with Crippen molar-refractivity contribution in [3.63, 3.8) is 0 Å². The molecule has 1 saturated heterocycles. The van der Waals surface area contributed by atoms with Gasteiger partial charge in [0.1, 0.15) is 0 Å². The van der Waals surface area contributed by atoms with Gasteiger partial charge in [0.2, 0.25) is 0 Å². The molecule has 0 aromatic heterocycles. The molecule has 58 valence electrons. The van der Waals surface area contributed by atoms with Crippen molar-refractivity contribution in [2.45, 2.75) is 12.1 Å². The first kappa shape index (κ1) is 6.83. The monoisotopic (exact) mass is 149 g/mol.